The van der Waals surface area contributed by atoms with Crippen LogP contribution in [-0.4, -0.2) is 22.4 Å². The van der Waals surface area contributed by atoms with Crippen LogP contribution in [0.15, 0.2) is 0 Å². The minimum Gasteiger partial charge on any atom is -0.393 e. The predicted octanol–water partition coefficient (Wildman–Crippen LogP) is 1.22. The lowest BCUT2D eigenvalue weighted by molar-refractivity contribution is -0.0224. The van der Waals surface area contributed by atoms with Crippen molar-refractivity contribution in [1.82, 2.24) is 0 Å². The maximum atomic E-state index is 9.62. The van der Waals surface area contributed by atoms with Crippen LogP contribution < -0.4 is 0 Å². The first-order chi connectivity index (χ1) is 4.76. The van der Waals surface area contributed by atoms with Gasteiger partial charge in [-0.1, -0.05) is 27.7 Å². The fraction of sp³-hybridized carbons (Fsp3) is 0.889. The van der Waals surface area contributed by atoms with Crippen LogP contribution in [0.5, 0.6) is 0 Å². The summed E-state index contributed by atoms with van der Waals surface area (Å²) >= 11 is 0. The van der Waals surface area contributed by atoms with Gasteiger partial charge in [-0.15, -0.1) is 0 Å². The van der Waals surface area contributed by atoms with Crippen molar-refractivity contribution >= 4 is 0 Å². The molecule has 2 nitrogen and oxygen atoms in total. The summed E-state index contributed by atoms with van der Waals surface area (Å²) in [7, 11) is 0. The zero-order valence-corrected chi connectivity index (χ0v) is 7.83. The van der Waals surface area contributed by atoms with Crippen molar-refractivity contribution in [2.24, 2.45) is 11.3 Å². The molecule has 67 valence electrons. The van der Waals surface area contributed by atoms with E-state index in [1.807, 2.05) is 20.8 Å². The average Bonchev–Trinajstić information content (AvgIpc) is 1.82. The van der Waals surface area contributed by atoms with E-state index in [1.54, 1.807) is 6.92 Å². The molecule has 0 aliphatic heterocycles. The molecule has 0 saturated heterocycles. The second-order valence-corrected chi connectivity index (χ2v) is 4.24. The van der Waals surface area contributed by atoms with Crippen LogP contribution in [0.1, 0.15) is 27.7 Å². The van der Waals surface area contributed by atoms with E-state index in [-0.39, 0.29) is 11.3 Å². The quantitative estimate of drug-likeness (QED) is 0.636. The second-order valence-electron chi connectivity index (χ2n) is 4.24. The number of rotatable bonds is 2. The largest absolute Gasteiger partial charge is 0.393 e. The van der Waals surface area contributed by atoms with Crippen LogP contribution in [0.3, 0.4) is 0 Å². The summed E-state index contributed by atoms with van der Waals surface area (Å²) < 4.78 is 0. The highest BCUT2D eigenvalue weighted by Gasteiger charge is 2.29. The van der Waals surface area contributed by atoms with Gasteiger partial charge in [0.2, 0.25) is 0 Å². The van der Waals surface area contributed by atoms with Gasteiger partial charge in [0.15, 0.2) is 0 Å². The molecule has 2 heteroatoms. The number of hydrogen-bond acceptors (Lipinski definition) is 2. The maximum Gasteiger partial charge on any atom is 0.0638 e. The van der Waals surface area contributed by atoms with E-state index in [4.69, 9.17) is 5.11 Å². The van der Waals surface area contributed by atoms with E-state index in [9.17, 15) is 5.11 Å². The molecule has 0 aromatic heterocycles. The summed E-state index contributed by atoms with van der Waals surface area (Å²) in [5.41, 5.74) is -0.182. The highest BCUT2D eigenvalue weighted by Crippen LogP contribution is 2.26. The summed E-state index contributed by atoms with van der Waals surface area (Å²) in [5.74, 6) is -0.171. The van der Waals surface area contributed by atoms with Crippen molar-refractivity contribution in [2.45, 2.75) is 39.9 Å². The molecule has 11 heavy (non-hydrogen) atoms. The van der Waals surface area contributed by atoms with Crippen molar-refractivity contribution in [3.05, 3.63) is 6.92 Å². The summed E-state index contributed by atoms with van der Waals surface area (Å²) in [6, 6.07) is 0. The SMILES string of the molecule is [CH2]C(O)C(C)C(O)C(C)(C)C. The van der Waals surface area contributed by atoms with Crippen molar-refractivity contribution < 1.29 is 10.2 Å². The zero-order chi connectivity index (χ0) is 9.23. The van der Waals surface area contributed by atoms with E-state index in [0.717, 1.165) is 0 Å². The highest BCUT2D eigenvalue weighted by molar-refractivity contribution is 4.82. The van der Waals surface area contributed by atoms with Gasteiger partial charge >= 0.3 is 0 Å². The lowest BCUT2D eigenvalue weighted by Crippen LogP contribution is -2.37. The van der Waals surface area contributed by atoms with Gasteiger partial charge in [-0.05, 0) is 12.3 Å². The molecule has 0 aromatic carbocycles. The number of aliphatic hydroxyl groups is 2. The Labute approximate surface area is 69.2 Å². The van der Waals surface area contributed by atoms with Crippen LogP contribution in [0.25, 0.3) is 0 Å². The summed E-state index contributed by atoms with van der Waals surface area (Å²) in [6.45, 7) is 11.1. The minimum atomic E-state index is -0.691. The molecule has 0 amide bonds. The van der Waals surface area contributed by atoms with Gasteiger partial charge in [-0.3, -0.25) is 0 Å². The molecule has 0 saturated carbocycles. The Balaban J connectivity index is 4.13. The smallest absolute Gasteiger partial charge is 0.0638 e. The van der Waals surface area contributed by atoms with E-state index in [1.165, 1.54) is 0 Å². The fourth-order valence-electron chi connectivity index (χ4n) is 0.999. The van der Waals surface area contributed by atoms with Crippen molar-refractivity contribution in [2.75, 3.05) is 0 Å². The Morgan fingerprint density at radius 2 is 1.55 bits per heavy atom. The van der Waals surface area contributed by atoms with Crippen LogP contribution in [0, 0.1) is 18.3 Å². The molecule has 0 aromatic rings. The van der Waals surface area contributed by atoms with Gasteiger partial charge < -0.3 is 10.2 Å². The summed E-state index contributed by atoms with van der Waals surface area (Å²) in [6.07, 6.45) is -1.20. The van der Waals surface area contributed by atoms with Gasteiger partial charge in [0.25, 0.3) is 0 Å². The van der Waals surface area contributed by atoms with Crippen molar-refractivity contribution in [3.63, 3.8) is 0 Å². The molecular weight excluding hydrogens is 140 g/mol. The van der Waals surface area contributed by atoms with Crippen LogP contribution in [0.4, 0.5) is 0 Å². The van der Waals surface area contributed by atoms with Gasteiger partial charge in [-0.2, -0.15) is 0 Å². The molecular formula is C9H19O2. The number of hydrogen-bond donors (Lipinski definition) is 2. The fourth-order valence-corrected chi connectivity index (χ4v) is 0.999. The highest BCUT2D eigenvalue weighted by atomic mass is 16.3. The maximum absolute atomic E-state index is 9.62. The van der Waals surface area contributed by atoms with Crippen molar-refractivity contribution in [1.29, 1.82) is 0 Å². The first-order valence-electron chi connectivity index (χ1n) is 3.96. The van der Waals surface area contributed by atoms with Crippen LogP contribution in [-0.2, 0) is 0 Å². The molecule has 0 aliphatic carbocycles. The lowest BCUT2D eigenvalue weighted by Gasteiger charge is -2.32. The summed E-state index contributed by atoms with van der Waals surface area (Å²) in [5, 5.41) is 18.7. The van der Waals surface area contributed by atoms with E-state index < -0.39 is 12.2 Å². The topological polar surface area (TPSA) is 40.5 Å². The lowest BCUT2D eigenvalue weighted by atomic mass is 9.80. The Morgan fingerprint density at radius 1 is 1.18 bits per heavy atom. The normalized spacial score (nSPS) is 21.0. The third-order valence-corrected chi connectivity index (χ3v) is 1.99. The molecule has 2 N–H and O–H groups in total. The first kappa shape index (κ1) is 10.9. The first-order valence-corrected chi connectivity index (χ1v) is 3.96. The summed E-state index contributed by atoms with van der Waals surface area (Å²) in [4.78, 5) is 0. The zero-order valence-electron chi connectivity index (χ0n) is 7.83. The third kappa shape index (κ3) is 3.21. The molecule has 1 radical (unpaired) electrons. The second kappa shape index (κ2) is 3.55. The minimum absolute atomic E-state index is 0.171. The number of aliphatic hydroxyl groups excluding tert-OH is 2. The Hall–Kier alpha value is -0.0800. The molecule has 0 bridgehead atoms. The Kier molecular flexibility index (Phi) is 3.52. The molecule has 3 unspecified atom stereocenters. The van der Waals surface area contributed by atoms with Gasteiger partial charge in [-0.25, -0.2) is 0 Å². The van der Waals surface area contributed by atoms with Gasteiger partial charge in [0, 0.05) is 5.92 Å². The molecule has 0 rings (SSSR count). The Bertz CT molecular complexity index is 113. The molecule has 3 atom stereocenters. The van der Waals surface area contributed by atoms with Crippen LogP contribution >= 0.6 is 0 Å². The van der Waals surface area contributed by atoms with Gasteiger partial charge in [0.1, 0.15) is 0 Å². The molecule has 0 fully saturated rings. The Morgan fingerprint density at radius 3 is 1.64 bits per heavy atom. The average molecular weight is 159 g/mol. The monoisotopic (exact) mass is 159 g/mol. The van der Waals surface area contributed by atoms with Crippen LogP contribution in [0.2, 0.25) is 0 Å². The third-order valence-electron chi connectivity index (χ3n) is 1.99. The standard InChI is InChI=1S/C9H19O2/c1-6(7(2)10)8(11)9(3,4)5/h6-8,10-11H,2H2,1,3-5H3. The molecule has 0 spiro atoms. The predicted molar refractivity (Wildman–Crippen MR) is 46.0 cm³/mol. The molecule has 0 aliphatic rings. The van der Waals surface area contributed by atoms with E-state index >= 15 is 0 Å². The van der Waals surface area contributed by atoms with E-state index in [0.29, 0.717) is 0 Å². The van der Waals surface area contributed by atoms with Gasteiger partial charge in [0.05, 0.1) is 12.2 Å². The molecule has 0 heterocycles. The van der Waals surface area contributed by atoms with Crippen molar-refractivity contribution in [3.8, 4) is 0 Å². The van der Waals surface area contributed by atoms with E-state index in [2.05, 4.69) is 6.92 Å².